The van der Waals surface area contributed by atoms with E-state index in [2.05, 4.69) is 15.6 Å². The third kappa shape index (κ3) is 4.10. The number of hydrogen-bond donors (Lipinski definition) is 2. The first-order chi connectivity index (χ1) is 12.6. The van der Waals surface area contributed by atoms with Gasteiger partial charge in [-0.3, -0.25) is 4.79 Å². The van der Waals surface area contributed by atoms with Crippen molar-refractivity contribution in [2.24, 2.45) is 0 Å². The minimum absolute atomic E-state index is 0.0000651. The molecular formula is C19H15ClFN3O2. The highest BCUT2D eigenvalue weighted by Gasteiger charge is 2.11. The smallest absolute Gasteiger partial charge is 0.255 e. The van der Waals surface area contributed by atoms with Gasteiger partial charge < -0.3 is 15.4 Å². The molecule has 0 bridgehead atoms. The van der Waals surface area contributed by atoms with Crippen LogP contribution in [0.3, 0.4) is 0 Å². The van der Waals surface area contributed by atoms with Gasteiger partial charge in [0, 0.05) is 17.4 Å². The molecule has 0 aliphatic rings. The number of rotatable bonds is 5. The number of methoxy groups -OCH3 is 1. The van der Waals surface area contributed by atoms with Crippen LogP contribution >= 0.6 is 11.6 Å². The lowest BCUT2D eigenvalue weighted by atomic mass is 10.2. The second-order valence-corrected chi connectivity index (χ2v) is 5.75. The standard InChI is InChI=1S/C19H15ClFN3O2/c1-26-17-5-3-2-4-16(17)24-19(25)12-8-9-22-18(10-12)23-13-6-7-15(21)14(20)11-13/h2-11H,1H3,(H,22,23)(H,24,25). The lowest BCUT2D eigenvalue weighted by Gasteiger charge is -2.11. The van der Waals surface area contributed by atoms with E-state index >= 15 is 0 Å². The summed E-state index contributed by atoms with van der Waals surface area (Å²) in [6.07, 6.45) is 1.50. The van der Waals surface area contributed by atoms with Crippen LogP contribution in [0.5, 0.6) is 5.75 Å². The normalized spacial score (nSPS) is 10.3. The SMILES string of the molecule is COc1ccccc1NC(=O)c1ccnc(Nc2ccc(F)c(Cl)c2)c1. The molecule has 2 aromatic carbocycles. The summed E-state index contributed by atoms with van der Waals surface area (Å²) in [4.78, 5) is 16.7. The van der Waals surface area contributed by atoms with Gasteiger partial charge >= 0.3 is 0 Å². The van der Waals surface area contributed by atoms with Crippen LogP contribution in [0.4, 0.5) is 21.6 Å². The fourth-order valence-electron chi connectivity index (χ4n) is 2.30. The van der Waals surface area contributed by atoms with Crippen LogP contribution in [0.15, 0.2) is 60.8 Å². The minimum atomic E-state index is -0.505. The highest BCUT2D eigenvalue weighted by Crippen LogP contribution is 2.25. The van der Waals surface area contributed by atoms with E-state index in [0.29, 0.717) is 28.5 Å². The Hall–Kier alpha value is -3.12. The minimum Gasteiger partial charge on any atom is -0.495 e. The summed E-state index contributed by atoms with van der Waals surface area (Å²) in [7, 11) is 1.53. The summed E-state index contributed by atoms with van der Waals surface area (Å²) >= 11 is 5.77. The first-order valence-electron chi connectivity index (χ1n) is 7.69. The highest BCUT2D eigenvalue weighted by atomic mass is 35.5. The second kappa shape index (κ2) is 7.84. The molecule has 0 aliphatic carbocycles. The number of carbonyl (C=O) groups excluding carboxylic acids is 1. The van der Waals surface area contributed by atoms with E-state index in [0.717, 1.165) is 0 Å². The molecule has 26 heavy (non-hydrogen) atoms. The van der Waals surface area contributed by atoms with E-state index in [4.69, 9.17) is 16.3 Å². The third-order valence-corrected chi connectivity index (χ3v) is 3.86. The van der Waals surface area contributed by atoms with Gasteiger partial charge in [0.1, 0.15) is 17.4 Å². The highest BCUT2D eigenvalue weighted by molar-refractivity contribution is 6.31. The van der Waals surface area contributed by atoms with E-state index in [9.17, 15) is 9.18 Å². The number of halogens is 2. The molecule has 132 valence electrons. The van der Waals surface area contributed by atoms with Gasteiger partial charge in [-0.2, -0.15) is 0 Å². The molecular weight excluding hydrogens is 357 g/mol. The van der Waals surface area contributed by atoms with E-state index in [-0.39, 0.29) is 10.9 Å². The molecule has 0 radical (unpaired) electrons. The second-order valence-electron chi connectivity index (χ2n) is 5.34. The van der Waals surface area contributed by atoms with E-state index in [1.54, 1.807) is 30.3 Å². The van der Waals surface area contributed by atoms with Crippen LogP contribution < -0.4 is 15.4 Å². The average Bonchev–Trinajstić information content (AvgIpc) is 2.65. The maximum absolute atomic E-state index is 13.2. The number of aromatic nitrogens is 1. The molecule has 7 heteroatoms. The maximum Gasteiger partial charge on any atom is 0.255 e. The zero-order valence-electron chi connectivity index (χ0n) is 13.8. The van der Waals surface area contributed by atoms with Crippen LogP contribution in [0, 0.1) is 5.82 Å². The number of ether oxygens (including phenoxy) is 1. The number of amides is 1. The Kier molecular flexibility index (Phi) is 5.34. The van der Waals surface area contributed by atoms with Crippen molar-refractivity contribution in [3.8, 4) is 5.75 Å². The van der Waals surface area contributed by atoms with Gasteiger partial charge in [-0.25, -0.2) is 9.37 Å². The lowest BCUT2D eigenvalue weighted by molar-refractivity contribution is 0.102. The summed E-state index contributed by atoms with van der Waals surface area (Å²) in [5.74, 6) is 0.182. The van der Waals surface area contributed by atoms with Crippen molar-refractivity contribution in [1.82, 2.24) is 4.98 Å². The number of hydrogen-bond acceptors (Lipinski definition) is 4. The van der Waals surface area contributed by atoms with E-state index in [1.165, 1.54) is 31.5 Å². The number of nitrogens with one attached hydrogen (secondary N) is 2. The first kappa shape index (κ1) is 17.7. The van der Waals surface area contributed by atoms with Gasteiger partial charge in [0.05, 0.1) is 17.8 Å². The van der Waals surface area contributed by atoms with Crippen LogP contribution in [0.1, 0.15) is 10.4 Å². The van der Waals surface area contributed by atoms with Gasteiger partial charge in [-0.15, -0.1) is 0 Å². The Morgan fingerprint density at radius 2 is 1.96 bits per heavy atom. The van der Waals surface area contributed by atoms with Crippen molar-refractivity contribution >= 4 is 34.7 Å². The summed E-state index contributed by atoms with van der Waals surface area (Å²) in [5.41, 5.74) is 1.53. The van der Waals surface area contributed by atoms with Crippen molar-refractivity contribution in [2.45, 2.75) is 0 Å². The Balaban J connectivity index is 1.78. The van der Waals surface area contributed by atoms with Gasteiger partial charge in [-0.1, -0.05) is 23.7 Å². The third-order valence-electron chi connectivity index (χ3n) is 3.57. The molecule has 1 aromatic heterocycles. The van der Waals surface area contributed by atoms with Crippen molar-refractivity contribution in [3.05, 3.63) is 77.2 Å². The van der Waals surface area contributed by atoms with Gasteiger partial charge in [0.2, 0.25) is 0 Å². The molecule has 0 saturated heterocycles. The molecule has 3 rings (SSSR count). The summed E-state index contributed by atoms with van der Waals surface area (Å²) in [5, 5.41) is 5.78. The fraction of sp³-hybridized carbons (Fsp3) is 0.0526. The number of carbonyl (C=O) groups is 1. The van der Waals surface area contributed by atoms with Gasteiger partial charge in [-0.05, 0) is 42.5 Å². The zero-order valence-corrected chi connectivity index (χ0v) is 14.5. The zero-order chi connectivity index (χ0) is 18.5. The van der Waals surface area contributed by atoms with Gasteiger partial charge in [0.25, 0.3) is 5.91 Å². The summed E-state index contributed by atoms with van der Waals surface area (Å²) < 4.78 is 18.5. The lowest BCUT2D eigenvalue weighted by Crippen LogP contribution is -2.13. The molecule has 1 amide bonds. The molecule has 2 N–H and O–H groups in total. The molecule has 1 heterocycles. The molecule has 0 atom stereocenters. The van der Waals surface area contributed by atoms with Gasteiger partial charge in [0.15, 0.2) is 0 Å². The van der Waals surface area contributed by atoms with Crippen LogP contribution in [0.2, 0.25) is 5.02 Å². The van der Waals surface area contributed by atoms with Crippen molar-refractivity contribution in [2.75, 3.05) is 17.7 Å². The largest absolute Gasteiger partial charge is 0.495 e. The summed E-state index contributed by atoms with van der Waals surface area (Å²) in [6, 6.07) is 14.5. The van der Waals surface area contributed by atoms with Crippen LogP contribution in [-0.2, 0) is 0 Å². The monoisotopic (exact) mass is 371 g/mol. The Morgan fingerprint density at radius 3 is 2.73 bits per heavy atom. The van der Waals surface area contributed by atoms with Crippen LogP contribution in [0.25, 0.3) is 0 Å². The number of benzene rings is 2. The number of pyridine rings is 1. The molecule has 3 aromatic rings. The van der Waals surface area contributed by atoms with E-state index in [1.807, 2.05) is 6.07 Å². The fourth-order valence-corrected chi connectivity index (χ4v) is 2.48. The Morgan fingerprint density at radius 1 is 1.15 bits per heavy atom. The number of para-hydroxylation sites is 2. The summed E-state index contributed by atoms with van der Waals surface area (Å²) in [6.45, 7) is 0. The molecule has 0 saturated carbocycles. The molecule has 0 aliphatic heterocycles. The van der Waals surface area contributed by atoms with Crippen molar-refractivity contribution < 1.29 is 13.9 Å². The Labute approximate surface area is 154 Å². The first-order valence-corrected chi connectivity index (χ1v) is 8.07. The van der Waals surface area contributed by atoms with Crippen molar-refractivity contribution in [1.29, 1.82) is 0 Å². The Bertz CT molecular complexity index is 950. The predicted molar refractivity (Wildman–Crippen MR) is 99.9 cm³/mol. The maximum atomic E-state index is 13.2. The predicted octanol–water partition coefficient (Wildman–Crippen LogP) is 4.88. The molecule has 5 nitrogen and oxygen atoms in total. The average molecular weight is 372 g/mol. The van der Waals surface area contributed by atoms with Crippen LogP contribution in [-0.4, -0.2) is 18.0 Å². The number of nitrogens with zero attached hydrogens (tertiary/aromatic N) is 1. The number of anilines is 3. The topological polar surface area (TPSA) is 63.2 Å². The molecule has 0 fully saturated rings. The quantitative estimate of drug-likeness (QED) is 0.671. The molecule has 0 unspecified atom stereocenters. The van der Waals surface area contributed by atoms with E-state index < -0.39 is 5.82 Å². The van der Waals surface area contributed by atoms with Crippen molar-refractivity contribution in [3.63, 3.8) is 0 Å². The molecule has 0 spiro atoms.